The highest BCUT2D eigenvalue weighted by Gasteiger charge is 2.28. The smallest absolute Gasteiger partial charge is 0.254 e. The summed E-state index contributed by atoms with van der Waals surface area (Å²) in [6.07, 6.45) is 4.28. The predicted octanol–water partition coefficient (Wildman–Crippen LogP) is 4.32. The molecule has 2 heterocycles. The number of hydrogen-bond donors (Lipinski definition) is 1. The molecule has 1 fully saturated rings. The Kier molecular flexibility index (Phi) is 4.68. The maximum Gasteiger partial charge on any atom is 0.254 e. The number of rotatable bonds is 2. The van der Waals surface area contributed by atoms with Gasteiger partial charge in [0.15, 0.2) is 0 Å². The van der Waals surface area contributed by atoms with Gasteiger partial charge in [0.05, 0.1) is 12.6 Å². The Morgan fingerprint density at radius 3 is 2.73 bits per heavy atom. The Morgan fingerprint density at radius 1 is 1.12 bits per heavy atom. The zero-order valence-electron chi connectivity index (χ0n) is 14.6. The highest BCUT2D eigenvalue weighted by molar-refractivity contribution is 6.30. The molecule has 0 aliphatic carbocycles. The molecule has 0 radical (unpaired) electrons. The van der Waals surface area contributed by atoms with Gasteiger partial charge in [-0.3, -0.25) is 9.79 Å². The molecule has 0 aromatic heterocycles. The first kappa shape index (κ1) is 17.1. The maximum atomic E-state index is 13.3. The highest BCUT2D eigenvalue weighted by atomic mass is 35.5. The van der Waals surface area contributed by atoms with E-state index in [0.29, 0.717) is 23.0 Å². The zero-order chi connectivity index (χ0) is 18.1. The summed E-state index contributed by atoms with van der Waals surface area (Å²) in [4.78, 5) is 19.6. The van der Waals surface area contributed by atoms with Crippen LogP contribution in [-0.2, 0) is 6.54 Å². The van der Waals surface area contributed by atoms with Crippen molar-refractivity contribution in [3.8, 4) is 0 Å². The van der Waals surface area contributed by atoms with Crippen LogP contribution in [0.25, 0.3) is 0 Å². The number of likely N-dealkylation sites (tertiary alicyclic amines) is 1. The third kappa shape index (κ3) is 3.21. The Labute approximate surface area is 158 Å². The second-order valence-electron chi connectivity index (χ2n) is 6.99. The van der Waals surface area contributed by atoms with Crippen LogP contribution in [0.4, 0.5) is 0 Å². The second-order valence-corrected chi connectivity index (χ2v) is 7.43. The zero-order valence-corrected chi connectivity index (χ0v) is 15.4. The van der Waals surface area contributed by atoms with E-state index in [0.717, 1.165) is 48.9 Å². The van der Waals surface area contributed by atoms with Crippen LogP contribution in [0.15, 0.2) is 47.5 Å². The summed E-state index contributed by atoms with van der Waals surface area (Å²) >= 11 is 6.04. The molecule has 1 unspecified atom stereocenters. The third-order valence-corrected chi connectivity index (χ3v) is 5.57. The van der Waals surface area contributed by atoms with Crippen molar-refractivity contribution < 1.29 is 4.79 Å². The van der Waals surface area contributed by atoms with E-state index >= 15 is 0 Å². The van der Waals surface area contributed by atoms with Crippen molar-refractivity contribution in [3.63, 3.8) is 0 Å². The number of carbonyl (C=O) groups is 1. The Hall–Kier alpha value is -2.33. The molecule has 2 aromatic rings. The number of hydrogen-bond acceptors (Lipinski definition) is 3. The summed E-state index contributed by atoms with van der Waals surface area (Å²) in [7, 11) is 0. The van der Waals surface area contributed by atoms with Gasteiger partial charge in [0.1, 0.15) is 5.84 Å². The molecule has 2 N–H and O–H groups in total. The minimum Gasteiger partial charge on any atom is -0.383 e. The number of amides is 1. The summed E-state index contributed by atoms with van der Waals surface area (Å²) in [5, 5.41) is 0.716. The molecule has 0 bridgehead atoms. The fraction of sp³-hybridized carbons (Fsp3) is 0.333. The van der Waals surface area contributed by atoms with Crippen LogP contribution in [-0.4, -0.2) is 23.2 Å². The first-order chi connectivity index (χ1) is 12.6. The number of fused-ring (bicyclic) bond motifs is 1. The summed E-state index contributed by atoms with van der Waals surface area (Å²) in [6, 6.07) is 13.7. The second kappa shape index (κ2) is 7.12. The van der Waals surface area contributed by atoms with Gasteiger partial charge in [-0.05, 0) is 48.2 Å². The number of nitrogens with zero attached hydrogens (tertiary/aromatic N) is 2. The van der Waals surface area contributed by atoms with E-state index in [1.54, 1.807) is 0 Å². The van der Waals surface area contributed by atoms with Crippen molar-refractivity contribution in [1.82, 2.24) is 4.90 Å². The lowest BCUT2D eigenvalue weighted by Gasteiger charge is -2.31. The summed E-state index contributed by atoms with van der Waals surface area (Å²) in [5.74, 6) is 0.592. The van der Waals surface area contributed by atoms with E-state index in [9.17, 15) is 4.79 Å². The molecule has 1 atom stereocenters. The average molecular weight is 368 g/mol. The lowest BCUT2D eigenvalue weighted by Crippen LogP contribution is -2.35. The molecule has 2 aliphatic heterocycles. The van der Waals surface area contributed by atoms with Crippen molar-refractivity contribution in [3.05, 3.63) is 69.7 Å². The van der Waals surface area contributed by atoms with Gasteiger partial charge in [0.25, 0.3) is 5.91 Å². The monoisotopic (exact) mass is 367 g/mol. The van der Waals surface area contributed by atoms with E-state index < -0.39 is 0 Å². The minimum atomic E-state index is 0.0642. The fourth-order valence-electron chi connectivity index (χ4n) is 3.89. The van der Waals surface area contributed by atoms with Crippen molar-refractivity contribution in [2.75, 3.05) is 6.54 Å². The van der Waals surface area contributed by atoms with Crippen LogP contribution in [0, 0.1) is 0 Å². The van der Waals surface area contributed by atoms with Crippen LogP contribution < -0.4 is 5.73 Å². The van der Waals surface area contributed by atoms with E-state index in [-0.39, 0.29) is 11.9 Å². The molecule has 0 saturated carbocycles. The van der Waals surface area contributed by atoms with Gasteiger partial charge in [0, 0.05) is 22.7 Å². The highest BCUT2D eigenvalue weighted by Crippen LogP contribution is 2.32. The van der Waals surface area contributed by atoms with Gasteiger partial charge < -0.3 is 10.6 Å². The van der Waals surface area contributed by atoms with Crippen molar-refractivity contribution in [1.29, 1.82) is 0 Å². The van der Waals surface area contributed by atoms with Crippen LogP contribution in [0.5, 0.6) is 0 Å². The van der Waals surface area contributed by atoms with Gasteiger partial charge in [-0.1, -0.05) is 42.6 Å². The first-order valence-corrected chi connectivity index (χ1v) is 9.51. The molecule has 0 spiro atoms. The molecule has 4 rings (SSSR count). The van der Waals surface area contributed by atoms with Crippen LogP contribution >= 0.6 is 11.6 Å². The third-order valence-electron chi connectivity index (χ3n) is 5.32. The van der Waals surface area contributed by atoms with Crippen LogP contribution in [0.1, 0.15) is 58.8 Å². The molecule has 1 amide bonds. The topological polar surface area (TPSA) is 58.7 Å². The standard InChI is InChI=1S/C21H22ClN3O/c22-17-9-7-14(8-10-17)19-4-2-1-3-11-25(19)21(26)15-5-6-16-13-24-20(23)18(16)12-15/h5-10,12,19H,1-4,11,13H2,(H2,23,24). The lowest BCUT2D eigenvalue weighted by atomic mass is 9.99. The van der Waals surface area contributed by atoms with Gasteiger partial charge in [-0.15, -0.1) is 0 Å². The van der Waals surface area contributed by atoms with Crippen molar-refractivity contribution in [2.45, 2.75) is 38.3 Å². The number of aliphatic imine (C=N–C) groups is 1. The Bertz CT molecular complexity index is 860. The molecular weight excluding hydrogens is 346 g/mol. The fourth-order valence-corrected chi connectivity index (χ4v) is 4.02. The van der Waals surface area contributed by atoms with Crippen molar-refractivity contribution in [2.24, 2.45) is 10.7 Å². The largest absolute Gasteiger partial charge is 0.383 e. The first-order valence-electron chi connectivity index (χ1n) is 9.13. The summed E-state index contributed by atoms with van der Waals surface area (Å²) in [5.41, 5.74) is 9.78. The van der Waals surface area contributed by atoms with Gasteiger partial charge in [0.2, 0.25) is 0 Å². The lowest BCUT2D eigenvalue weighted by molar-refractivity contribution is 0.0681. The molecule has 2 aliphatic rings. The Morgan fingerprint density at radius 2 is 1.92 bits per heavy atom. The van der Waals surface area contributed by atoms with Gasteiger partial charge in [-0.25, -0.2) is 0 Å². The number of benzene rings is 2. The van der Waals surface area contributed by atoms with E-state index in [1.807, 2.05) is 47.4 Å². The number of nitrogens with two attached hydrogens (primary N) is 1. The minimum absolute atomic E-state index is 0.0642. The molecule has 134 valence electrons. The quantitative estimate of drug-likeness (QED) is 0.859. The molecule has 4 nitrogen and oxygen atoms in total. The normalized spacial score (nSPS) is 19.7. The molecule has 1 saturated heterocycles. The van der Waals surface area contributed by atoms with Crippen LogP contribution in [0.2, 0.25) is 5.02 Å². The summed E-state index contributed by atoms with van der Waals surface area (Å²) < 4.78 is 0. The predicted molar refractivity (Wildman–Crippen MR) is 105 cm³/mol. The van der Waals surface area contributed by atoms with Crippen LogP contribution in [0.3, 0.4) is 0 Å². The maximum absolute atomic E-state index is 13.3. The Balaban J connectivity index is 1.66. The summed E-state index contributed by atoms with van der Waals surface area (Å²) in [6.45, 7) is 1.37. The molecule has 2 aromatic carbocycles. The molecule has 26 heavy (non-hydrogen) atoms. The number of halogens is 1. The van der Waals surface area contributed by atoms with E-state index in [4.69, 9.17) is 17.3 Å². The average Bonchev–Trinajstić information content (AvgIpc) is 2.87. The number of carbonyl (C=O) groups excluding carboxylic acids is 1. The molecule has 5 heteroatoms. The molecular formula is C21H22ClN3O. The van der Waals surface area contributed by atoms with Gasteiger partial charge in [-0.2, -0.15) is 0 Å². The number of amidine groups is 1. The van der Waals surface area contributed by atoms with E-state index in [1.165, 1.54) is 0 Å². The van der Waals surface area contributed by atoms with Gasteiger partial charge >= 0.3 is 0 Å². The van der Waals surface area contributed by atoms with Crippen molar-refractivity contribution >= 4 is 23.3 Å². The SMILES string of the molecule is NC1=NCc2ccc(C(=O)N3CCCCCC3c3ccc(Cl)cc3)cc21. The van der Waals surface area contributed by atoms with E-state index in [2.05, 4.69) is 4.99 Å².